The molecule has 1 aromatic carbocycles. The zero-order valence-electron chi connectivity index (χ0n) is 13.9. The first kappa shape index (κ1) is 16.2. The molecular formula is C18H15N5O2S. The molecule has 0 unspecified atom stereocenters. The van der Waals surface area contributed by atoms with Gasteiger partial charge < -0.3 is 5.32 Å². The van der Waals surface area contributed by atoms with Crippen LogP contribution in [0, 0.1) is 0 Å². The number of nitrogens with zero attached hydrogens (tertiary/aromatic N) is 4. The molecule has 4 aromatic rings. The number of amides is 1. The summed E-state index contributed by atoms with van der Waals surface area (Å²) in [5.41, 5.74) is -0.0357. The Morgan fingerprint density at radius 1 is 1.15 bits per heavy atom. The minimum Gasteiger partial charge on any atom is -0.305 e. The van der Waals surface area contributed by atoms with Crippen molar-refractivity contribution in [3.05, 3.63) is 75.0 Å². The Morgan fingerprint density at radius 2 is 1.96 bits per heavy atom. The van der Waals surface area contributed by atoms with Crippen molar-refractivity contribution in [2.45, 2.75) is 6.54 Å². The molecule has 130 valence electrons. The van der Waals surface area contributed by atoms with Crippen molar-refractivity contribution in [3.8, 4) is 0 Å². The van der Waals surface area contributed by atoms with Crippen LogP contribution in [0.1, 0.15) is 15.4 Å². The molecule has 7 nitrogen and oxygen atoms in total. The number of rotatable bonds is 4. The highest BCUT2D eigenvalue weighted by Gasteiger charge is 2.17. The molecule has 0 atom stereocenters. The highest BCUT2D eigenvalue weighted by atomic mass is 32.1. The molecule has 1 N–H and O–H groups in total. The summed E-state index contributed by atoms with van der Waals surface area (Å²) in [4.78, 5) is 26.2. The maximum Gasteiger partial charge on any atom is 0.277 e. The molecule has 0 radical (unpaired) electrons. The molecule has 0 saturated heterocycles. The van der Waals surface area contributed by atoms with E-state index in [2.05, 4.69) is 15.5 Å². The minimum absolute atomic E-state index is 0.201. The maximum absolute atomic E-state index is 12.8. The number of carbonyl (C=O) groups excluding carboxylic acids is 1. The third-order valence-electron chi connectivity index (χ3n) is 4.02. The molecule has 0 saturated carbocycles. The van der Waals surface area contributed by atoms with Crippen molar-refractivity contribution in [1.82, 2.24) is 19.6 Å². The third kappa shape index (κ3) is 2.91. The summed E-state index contributed by atoms with van der Waals surface area (Å²) in [6.07, 6.45) is 1.63. The fraction of sp³-hybridized carbons (Fsp3) is 0.111. The van der Waals surface area contributed by atoms with Crippen LogP contribution >= 0.6 is 11.3 Å². The van der Waals surface area contributed by atoms with Gasteiger partial charge in [-0.25, -0.2) is 9.36 Å². The lowest BCUT2D eigenvalue weighted by Crippen LogP contribution is -2.26. The molecule has 3 heterocycles. The van der Waals surface area contributed by atoms with Crippen LogP contribution in [0.5, 0.6) is 0 Å². The molecule has 0 aliphatic heterocycles. The first-order chi connectivity index (χ1) is 12.6. The van der Waals surface area contributed by atoms with Gasteiger partial charge in [-0.3, -0.25) is 9.59 Å². The summed E-state index contributed by atoms with van der Waals surface area (Å²) in [5.74, 6) is 0.188. The predicted octanol–water partition coefficient (Wildman–Crippen LogP) is 2.49. The largest absolute Gasteiger partial charge is 0.305 e. The molecule has 8 heteroatoms. The lowest BCUT2D eigenvalue weighted by molar-refractivity contribution is 0.102. The van der Waals surface area contributed by atoms with Gasteiger partial charge in [0.15, 0.2) is 5.69 Å². The van der Waals surface area contributed by atoms with Gasteiger partial charge >= 0.3 is 0 Å². The first-order valence-electron chi connectivity index (χ1n) is 7.95. The van der Waals surface area contributed by atoms with Crippen LogP contribution in [0.15, 0.2) is 58.8 Å². The van der Waals surface area contributed by atoms with Gasteiger partial charge in [-0.15, -0.1) is 11.3 Å². The SMILES string of the molecule is Cn1nc(C(=O)Nc2ccnn2Cc2cccs2)c2ccccc2c1=O. The van der Waals surface area contributed by atoms with Gasteiger partial charge in [-0.1, -0.05) is 24.3 Å². The van der Waals surface area contributed by atoms with E-state index in [4.69, 9.17) is 0 Å². The zero-order valence-corrected chi connectivity index (χ0v) is 14.7. The Hall–Kier alpha value is -3.26. The van der Waals surface area contributed by atoms with Crippen molar-refractivity contribution in [3.63, 3.8) is 0 Å². The molecule has 1 amide bonds. The van der Waals surface area contributed by atoms with Crippen molar-refractivity contribution in [2.75, 3.05) is 5.32 Å². The molecule has 0 bridgehead atoms. The lowest BCUT2D eigenvalue weighted by atomic mass is 10.1. The summed E-state index contributed by atoms with van der Waals surface area (Å²) in [6.45, 7) is 0.571. The highest BCUT2D eigenvalue weighted by Crippen LogP contribution is 2.17. The van der Waals surface area contributed by atoms with E-state index in [9.17, 15) is 9.59 Å². The number of benzene rings is 1. The minimum atomic E-state index is -0.385. The van der Waals surface area contributed by atoms with Crippen molar-refractivity contribution >= 4 is 33.8 Å². The van der Waals surface area contributed by atoms with Crippen molar-refractivity contribution in [1.29, 1.82) is 0 Å². The number of thiophene rings is 1. The average Bonchev–Trinajstić information content (AvgIpc) is 3.31. The number of fused-ring (bicyclic) bond motifs is 1. The van der Waals surface area contributed by atoms with Crippen LogP contribution in [-0.2, 0) is 13.6 Å². The van der Waals surface area contributed by atoms with E-state index in [1.54, 1.807) is 52.5 Å². The number of aryl methyl sites for hydroxylation is 1. The van der Waals surface area contributed by atoms with E-state index in [-0.39, 0.29) is 17.2 Å². The Morgan fingerprint density at radius 3 is 2.73 bits per heavy atom. The van der Waals surface area contributed by atoms with E-state index < -0.39 is 0 Å². The smallest absolute Gasteiger partial charge is 0.277 e. The Balaban J connectivity index is 1.68. The number of nitrogens with one attached hydrogen (secondary N) is 1. The Bertz CT molecular complexity index is 1140. The van der Waals surface area contributed by atoms with Gasteiger partial charge in [0.05, 0.1) is 18.1 Å². The first-order valence-corrected chi connectivity index (χ1v) is 8.83. The summed E-state index contributed by atoms with van der Waals surface area (Å²) < 4.78 is 2.90. The maximum atomic E-state index is 12.8. The predicted molar refractivity (Wildman–Crippen MR) is 101 cm³/mol. The van der Waals surface area contributed by atoms with Gasteiger partial charge in [0.1, 0.15) is 5.82 Å². The number of anilines is 1. The number of hydrogen-bond donors (Lipinski definition) is 1. The van der Waals surface area contributed by atoms with Gasteiger partial charge in [-0.2, -0.15) is 10.2 Å². The van der Waals surface area contributed by atoms with E-state index in [0.717, 1.165) is 4.88 Å². The Kier molecular flexibility index (Phi) is 4.10. The zero-order chi connectivity index (χ0) is 18.1. The van der Waals surface area contributed by atoms with Crippen LogP contribution < -0.4 is 10.9 Å². The molecule has 4 rings (SSSR count). The van der Waals surface area contributed by atoms with Crippen LogP contribution in [0.25, 0.3) is 10.8 Å². The van der Waals surface area contributed by atoms with E-state index in [1.807, 2.05) is 17.5 Å². The molecule has 0 spiro atoms. The molecule has 0 fully saturated rings. The summed E-state index contributed by atoms with van der Waals surface area (Å²) in [7, 11) is 1.53. The third-order valence-corrected chi connectivity index (χ3v) is 4.88. The van der Waals surface area contributed by atoms with Crippen LogP contribution in [0.2, 0.25) is 0 Å². The quantitative estimate of drug-likeness (QED) is 0.602. The normalized spacial score (nSPS) is 11.0. The van der Waals surface area contributed by atoms with Gasteiger partial charge in [0.2, 0.25) is 0 Å². The van der Waals surface area contributed by atoms with Gasteiger partial charge in [-0.05, 0) is 17.5 Å². The number of hydrogen-bond acceptors (Lipinski definition) is 5. The summed E-state index contributed by atoms with van der Waals surface area (Å²) in [5, 5.41) is 14.2. The molecule has 0 aliphatic rings. The Labute approximate surface area is 152 Å². The van der Waals surface area contributed by atoms with Gasteiger partial charge in [0, 0.05) is 23.4 Å². The average molecular weight is 365 g/mol. The second-order valence-electron chi connectivity index (χ2n) is 5.73. The van der Waals surface area contributed by atoms with E-state index in [1.165, 1.54) is 11.7 Å². The van der Waals surface area contributed by atoms with Crippen molar-refractivity contribution < 1.29 is 4.79 Å². The monoisotopic (exact) mass is 365 g/mol. The fourth-order valence-electron chi connectivity index (χ4n) is 2.76. The highest BCUT2D eigenvalue weighted by molar-refractivity contribution is 7.09. The summed E-state index contributed by atoms with van der Waals surface area (Å²) in [6, 6.07) is 12.7. The molecule has 26 heavy (non-hydrogen) atoms. The molecular weight excluding hydrogens is 350 g/mol. The number of carbonyl (C=O) groups is 1. The summed E-state index contributed by atoms with van der Waals surface area (Å²) >= 11 is 1.63. The van der Waals surface area contributed by atoms with Crippen molar-refractivity contribution in [2.24, 2.45) is 7.05 Å². The molecule has 0 aliphatic carbocycles. The van der Waals surface area contributed by atoms with E-state index in [0.29, 0.717) is 23.1 Å². The van der Waals surface area contributed by atoms with E-state index >= 15 is 0 Å². The number of aromatic nitrogens is 4. The van der Waals surface area contributed by atoms with Gasteiger partial charge in [0.25, 0.3) is 11.5 Å². The lowest BCUT2D eigenvalue weighted by Gasteiger charge is -2.10. The fourth-order valence-corrected chi connectivity index (χ4v) is 3.44. The standard InChI is InChI=1S/C18H15N5O2S/c1-22-18(25)14-7-3-2-6-13(14)16(21-22)17(24)20-15-8-9-19-23(15)11-12-5-4-10-26-12/h2-10H,11H2,1H3,(H,20,24). The molecule has 3 aromatic heterocycles. The second-order valence-corrected chi connectivity index (χ2v) is 6.76. The van der Waals surface area contributed by atoms with Crippen LogP contribution in [0.4, 0.5) is 5.82 Å². The second kappa shape index (κ2) is 6.57. The van der Waals surface area contributed by atoms with Crippen LogP contribution in [0.3, 0.4) is 0 Å². The topological polar surface area (TPSA) is 81.8 Å². The van der Waals surface area contributed by atoms with Crippen LogP contribution in [-0.4, -0.2) is 25.5 Å².